The lowest BCUT2D eigenvalue weighted by atomic mass is 10.0. The van der Waals surface area contributed by atoms with Crippen LogP contribution >= 0.6 is 0 Å². The molecule has 1 aliphatic carbocycles. The van der Waals surface area contributed by atoms with E-state index in [-0.39, 0.29) is 5.76 Å². The van der Waals surface area contributed by atoms with Crippen molar-refractivity contribution in [2.24, 2.45) is 0 Å². The quantitative estimate of drug-likeness (QED) is 0.783. The standard InChI is InChI=1S/C14H19NO4/c1-3-17-12(16)11-10(9-5-6-9)15-13(19-11)14(2)7-4-8-18-14/h9H,3-8H2,1-2H3. The molecule has 104 valence electrons. The first-order valence-corrected chi connectivity index (χ1v) is 6.96. The Morgan fingerprint density at radius 2 is 2.32 bits per heavy atom. The number of ether oxygens (including phenoxy) is 2. The van der Waals surface area contributed by atoms with Gasteiger partial charge < -0.3 is 13.9 Å². The smallest absolute Gasteiger partial charge is 0.376 e. The van der Waals surface area contributed by atoms with Crippen LogP contribution in [-0.2, 0) is 15.1 Å². The number of carbonyl (C=O) groups excluding carboxylic acids is 1. The molecule has 5 nitrogen and oxygen atoms in total. The average Bonchev–Trinajstić information content (AvgIpc) is 2.97. The van der Waals surface area contributed by atoms with Crippen molar-refractivity contribution in [1.29, 1.82) is 0 Å². The number of hydrogen-bond donors (Lipinski definition) is 0. The van der Waals surface area contributed by atoms with Gasteiger partial charge in [-0.3, -0.25) is 0 Å². The molecule has 2 aliphatic rings. The summed E-state index contributed by atoms with van der Waals surface area (Å²) in [4.78, 5) is 16.5. The van der Waals surface area contributed by atoms with Crippen molar-refractivity contribution >= 4 is 5.97 Å². The number of hydrogen-bond acceptors (Lipinski definition) is 5. The predicted molar refractivity (Wildman–Crippen MR) is 67.0 cm³/mol. The SMILES string of the molecule is CCOC(=O)c1oc(C2(C)CCCO2)nc1C1CC1. The molecule has 5 heteroatoms. The van der Waals surface area contributed by atoms with Crippen molar-refractivity contribution in [3.8, 4) is 0 Å². The Bertz CT molecular complexity index is 484. The monoisotopic (exact) mass is 265 g/mol. The van der Waals surface area contributed by atoms with Gasteiger partial charge >= 0.3 is 5.97 Å². The molecule has 2 fully saturated rings. The zero-order valence-corrected chi connectivity index (χ0v) is 11.4. The third-order valence-electron chi connectivity index (χ3n) is 3.75. The number of nitrogens with zero attached hydrogens (tertiary/aromatic N) is 1. The average molecular weight is 265 g/mol. The minimum Gasteiger partial charge on any atom is -0.460 e. The second-order valence-corrected chi connectivity index (χ2v) is 5.41. The maximum Gasteiger partial charge on any atom is 0.376 e. The Labute approximate surface area is 112 Å². The molecule has 19 heavy (non-hydrogen) atoms. The van der Waals surface area contributed by atoms with Crippen LogP contribution < -0.4 is 0 Å². The molecule has 0 bridgehead atoms. The molecule has 1 unspecified atom stereocenters. The highest BCUT2D eigenvalue weighted by molar-refractivity contribution is 5.87. The van der Waals surface area contributed by atoms with Crippen molar-refractivity contribution in [1.82, 2.24) is 4.98 Å². The van der Waals surface area contributed by atoms with Crippen molar-refractivity contribution in [3.05, 3.63) is 17.3 Å². The van der Waals surface area contributed by atoms with Crippen molar-refractivity contribution in [3.63, 3.8) is 0 Å². The molecule has 0 spiro atoms. The van der Waals surface area contributed by atoms with Crippen LogP contribution in [0.5, 0.6) is 0 Å². The summed E-state index contributed by atoms with van der Waals surface area (Å²) in [5, 5.41) is 0. The Hall–Kier alpha value is -1.36. The summed E-state index contributed by atoms with van der Waals surface area (Å²) in [5.74, 6) is 0.734. The first-order valence-electron chi connectivity index (χ1n) is 6.96. The predicted octanol–water partition coefficient (Wildman–Crippen LogP) is 2.75. The van der Waals surface area contributed by atoms with Crippen LogP contribution in [0.3, 0.4) is 0 Å². The summed E-state index contributed by atoms with van der Waals surface area (Å²) in [6.07, 6.45) is 4.00. The van der Waals surface area contributed by atoms with E-state index in [1.165, 1.54) is 0 Å². The molecule has 3 rings (SSSR count). The van der Waals surface area contributed by atoms with E-state index >= 15 is 0 Å². The summed E-state index contributed by atoms with van der Waals surface area (Å²) < 4.78 is 16.5. The fourth-order valence-electron chi connectivity index (χ4n) is 2.48. The number of esters is 1. The molecule has 0 amide bonds. The van der Waals surface area contributed by atoms with Gasteiger partial charge in [0.1, 0.15) is 5.60 Å². The zero-order chi connectivity index (χ0) is 13.5. The van der Waals surface area contributed by atoms with Gasteiger partial charge in [0, 0.05) is 12.5 Å². The zero-order valence-electron chi connectivity index (χ0n) is 11.4. The lowest BCUT2D eigenvalue weighted by Gasteiger charge is -2.18. The molecule has 1 saturated carbocycles. The van der Waals surface area contributed by atoms with Gasteiger partial charge in [-0.2, -0.15) is 0 Å². The van der Waals surface area contributed by atoms with E-state index in [2.05, 4.69) is 4.98 Å². The van der Waals surface area contributed by atoms with Gasteiger partial charge in [0.25, 0.3) is 0 Å². The molecule has 0 radical (unpaired) electrons. The van der Waals surface area contributed by atoms with E-state index < -0.39 is 11.6 Å². The molecule has 1 aromatic heterocycles. The highest BCUT2D eigenvalue weighted by atomic mass is 16.6. The molecule has 0 aromatic carbocycles. The Balaban J connectivity index is 1.94. The second-order valence-electron chi connectivity index (χ2n) is 5.41. The maximum atomic E-state index is 11.9. The number of rotatable bonds is 4. The van der Waals surface area contributed by atoms with Crippen LogP contribution in [0.25, 0.3) is 0 Å². The van der Waals surface area contributed by atoms with E-state index in [9.17, 15) is 4.79 Å². The van der Waals surface area contributed by atoms with E-state index in [0.717, 1.165) is 31.4 Å². The minimum absolute atomic E-state index is 0.274. The van der Waals surface area contributed by atoms with Gasteiger partial charge in [-0.05, 0) is 39.5 Å². The van der Waals surface area contributed by atoms with E-state index in [1.807, 2.05) is 6.92 Å². The Kier molecular flexibility index (Phi) is 3.09. The van der Waals surface area contributed by atoms with Gasteiger partial charge in [0.15, 0.2) is 0 Å². The van der Waals surface area contributed by atoms with Crippen LogP contribution in [0.2, 0.25) is 0 Å². The normalized spacial score (nSPS) is 26.6. The van der Waals surface area contributed by atoms with Crippen molar-refractivity contribution < 1.29 is 18.7 Å². The number of carbonyl (C=O) groups is 1. The lowest BCUT2D eigenvalue weighted by molar-refractivity contribution is -0.00668. The van der Waals surface area contributed by atoms with Crippen LogP contribution in [0.1, 0.15) is 67.6 Å². The summed E-state index contributed by atoms with van der Waals surface area (Å²) in [7, 11) is 0. The largest absolute Gasteiger partial charge is 0.460 e. The molecule has 1 aromatic rings. The van der Waals surface area contributed by atoms with E-state index in [1.54, 1.807) is 6.92 Å². The van der Waals surface area contributed by atoms with E-state index in [0.29, 0.717) is 25.0 Å². The fraction of sp³-hybridized carbons (Fsp3) is 0.714. The van der Waals surface area contributed by atoms with Gasteiger partial charge in [0.05, 0.1) is 12.3 Å². The second kappa shape index (κ2) is 4.63. The first kappa shape index (κ1) is 12.7. The fourth-order valence-corrected chi connectivity index (χ4v) is 2.48. The van der Waals surface area contributed by atoms with Crippen molar-refractivity contribution in [2.45, 2.75) is 51.0 Å². The Morgan fingerprint density at radius 1 is 1.53 bits per heavy atom. The number of oxazole rings is 1. The summed E-state index contributed by atoms with van der Waals surface area (Å²) in [6.45, 7) is 4.81. The van der Waals surface area contributed by atoms with Crippen LogP contribution in [0, 0.1) is 0 Å². The minimum atomic E-state index is -0.492. The third kappa shape index (κ3) is 2.27. The highest BCUT2D eigenvalue weighted by Crippen LogP contribution is 2.44. The summed E-state index contributed by atoms with van der Waals surface area (Å²) >= 11 is 0. The molecule has 1 atom stereocenters. The van der Waals surface area contributed by atoms with Gasteiger partial charge in [0.2, 0.25) is 11.7 Å². The van der Waals surface area contributed by atoms with Gasteiger partial charge in [-0.15, -0.1) is 0 Å². The van der Waals surface area contributed by atoms with Crippen molar-refractivity contribution in [2.75, 3.05) is 13.2 Å². The topological polar surface area (TPSA) is 61.6 Å². The molecular weight excluding hydrogens is 246 g/mol. The maximum absolute atomic E-state index is 11.9. The third-order valence-corrected chi connectivity index (χ3v) is 3.75. The highest BCUT2D eigenvalue weighted by Gasteiger charge is 2.41. The summed E-state index contributed by atoms with van der Waals surface area (Å²) in [6, 6.07) is 0. The molecule has 1 aliphatic heterocycles. The van der Waals surface area contributed by atoms with Gasteiger partial charge in [-0.25, -0.2) is 9.78 Å². The van der Waals surface area contributed by atoms with Gasteiger partial charge in [-0.1, -0.05) is 0 Å². The lowest BCUT2D eigenvalue weighted by Crippen LogP contribution is -2.20. The molecule has 0 N–H and O–H groups in total. The van der Waals surface area contributed by atoms with Crippen LogP contribution in [0.4, 0.5) is 0 Å². The molecule has 2 heterocycles. The number of aromatic nitrogens is 1. The summed E-state index contributed by atoms with van der Waals surface area (Å²) in [5.41, 5.74) is 0.263. The van der Waals surface area contributed by atoms with E-state index in [4.69, 9.17) is 13.9 Å². The van der Waals surface area contributed by atoms with Crippen LogP contribution in [0.15, 0.2) is 4.42 Å². The van der Waals surface area contributed by atoms with Crippen LogP contribution in [-0.4, -0.2) is 24.2 Å². The molecule has 1 saturated heterocycles. The Morgan fingerprint density at radius 3 is 2.89 bits per heavy atom. The first-order chi connectivity index (χ1) is 9.14. The molecular formula is C14H19NO4.